The van der Waals surface area contributed by atoms with Crippen LogP contribution in [0.5, 0.6) is 5.75 Å². The number of hydrogen-bond donors (Lipinski definition) is 1. The van der Waals surface area contributed by atoms with Gasteiger partial charge in [0.25, 0.3) is 11.6 Å². The third kappa shape index (κ3) is 5.93. The van der Waals surface area contributed by atoms with Crippen LogP contribution in [0.25, 0.3) is 0 Å². The number of anilines is 1. The summed E-state index contributed by atoms with van der Waals surface area (Å²) in [5.74, 6) is 0.529. The fourth-order valence-corrected chi connectivity index (χ4v) is 4.80. The molecule has 182 valence electrons. The van der Waals surface area contributed by atoms with E-state index in [1.807, 2.05) is 12.1 Å². The van der Waals surface area contributed by atoms with E-state index in [9.17, 15) is 23.3 Å². The minimum Gasteiger partial charge on any atom is -0.379 e. The van der Waals surface area contributed by atoms with Crippen LogP contribution in [0.1, 0.15) is 35.2 Å². The lowest BCUT2D eigenvalue weighted by atomic mass is 10.1. The normalized spacial score (nSPS) is 13.8. The van der Waals surface area contributed by atoms with Crippen LogP contribution in [0.4, 0.5) is 11.5 Å². The number of pyridine rings is 1. The summed E-state index contributed by atoms with van der Waals surface area (Å²) in [6.07, 6.45) is 5.19. The first-order chi connectivity index (χ1) is 16.8. The van der Waals surface area contributed by atoms with Gasteiger partial charge in [-0.05, 0) is 55.7 Å². The lowest BCUT2D eigenvalue weighted by Crippen LogP contribution is -2.32. The number of nitrogens with one attached hydrogen (secondary N) is 1. The van der Waals surface area contributed by atoms with Gasteiger partial charge < -0.3 is 14.4 Å². The van der Waals surface area contributed by atoms with Crippen LogP contribution in [0.3, 0.4) is 0 Å². The molecule has 10 nitrogen and oxygen atoms in total. The van der Waals surface area contributed by atoms with Gasteiger partial charge >= 0.3 is 10.1 Å². The minimum absolute atomic E-state index is 0.0206. The average Bonchev–Trinajstić information content (AvgIpc) is 2.88. The first-order valence-electron chi connectivity index (χ1n) is 11.1. The van der Waals surface area contributed by atoms with Crippen molar-refractivity contribution < 1.29 is 22.3 Å². The molecule has 0 radical (unpaired) electrons. The first kappa shape index (κ1) is 24.1. The van der Waals surface area contributed by atoms with Crippen LogP contribution < -0.4 is 14.4 Å². The van der Waals surface area contributed by atoms with Crippen molar-refractivity contribution in [2.75, 3.05) is 18.0 Å². The number of amides is 1. The van der Waals surface area contributed by atoms with Gasteiger partial charge in [0.05, 0.1) is 4.92 Å². The smallest absolute Gasteiger partial charge is 0.339 e. The maximum absolute atomic E-state index is 12.7. The van der Waals surface area contributed by atoms with Gasteiger partial charge in [-0.2, -0.15) is 8.42 Å². The molecule has 0 saturated carbocycles. The van der Waals surface area contributed by atoms with Crippen LogP contribution in [-0.4, -0.2) is 37.3 Å². The van der Waals surface area contributed by atoms with Crippen molar-refractivity contribution in [1.29, 1.82) is 0 Å². The molecule has 1 aromatic heterocycles. The maximum Gasteiger partial charge on any atom is 0.339 e. The van der Waals surface area contributed by atoms with Crippen LogP contribution >= 0.6 is 0 Å². The van der Waals surface area contributed by atoms with Crippen LogP contribution in [0.2, 0.25) is 0 Å². The number of non-ortho nitro benzene ring substituents is 1. The van der Waals surface area contributed by atoms with Gasteiger partial charge in [0, 0.05) is 49.1 Å². The van der Waals surface area contributed by atoms with Gasteiger partial charge in [-0.1, -0.05) is 12.1 Å². The number of benzene rings is 2. The van der Waals surface area contributed by atoms with E-state index >= 15 is 0 Å². The van der Waals surface area contributed by atoms with E-state index in [2.05, 4.69) is 15.2 Å². The van der Waals surface area contributed by atoms with Crippen molar-refractivity contribution in [1.82, 2.24) is 10.3 Å². The predicted molar refractivity (Wildman–Crippen MR) is 129 cm³/mol. The molecule has 11 heteroatoms. The van der Waals surface area contributed by atoms with Crippen molar-refractivity contribution in [2.24, 2.45) is 0 Å². The standard InChI is InChI=1S/C24H24N4O6S/c29-24(26-17-19-6-5-13-25-23(19)27-14-2-1-3-15-27)18-9-11-21(12-10-18)34-35(32,33)22-8-4-7-20(16-22)28(30)31/h4-13,16H,1-3,14-15,17H2,(H,26,29). The molecule has 0 spiro atoms. The summed E-state index contributed by atoms with van der Waals surface area (Å²) in [6.45, 7) is 2.19. The SMILES string of the molecule is O=C(NCc1cccnc1N1CCCCC1)c1ccc(OS(=O)(=O)c2cccc([N+](=O)[O-])c2)cc1. The molecular weight excluding hydrogens is 472 g/mol. The highest BCUT2D eigenvalue weighted by molar-refractivity contribution is 7.87. The number of carbonyl (C=O) groups excluding carboxylic acids is 1. The van der Waals surface area contributed by atoms with Crippen molar-refractivity contribution in [2.45, 2.75) is 30.7 Å². The van der Waals surface area contributed by atoms with E-state index in [1.54, 1.807) is 6.20 Å². The number of carbonyl (C=O) groups is 1. The zero-order valence-electron chi connectivity index (χ0n) is 18.8. The van der Waals surface area contributed by atoms with E-state index in [0.717, 1.165) is 43.4 Å². The third-order valence-corrected chi connectivity index (χ3v) is 6.85. The minimum atomic E-state index is -4.28. The zero-order valence-corrected chi connectivity index (χ0v) is 19.6. The molecule has 0 atom stereocenters. The number of hydrogen-bond acceptors (Lipinski definition) is 8. The van der Waals surface area contributed by atoms with E-state index in [0.29, 0.717) is 12.1 Å². The summed E-state index contributed by atoms with van der Waals surface area (Å²) in [6, 6.07) is 14.0. The van der Waals surface area contributed by atoms with Crippen LogP contribution in [0.15, 0.2) is 71.8 Å². The van der Waals surface area contributed by atoms with E-state index in [-0.39, 0.29) is 22.2 Å². The molecule has 1 amide bonds. The van der Waals surface area contributed by atoms with Crippen molar-refractivity contribution >= 4 is 27.5 Å². The summed E-state index contributed by atoms with van der Waals surface area (Å²) in [5.41, 5.74) is 0.887. The van der Waals surface area contributed by atoms with Crippen LogP contribution in [0, 0.1) is 10.1 Å². The summed E-state index contributed by atoms with van der Waals surface area (Å²) in [7, 11) is -4.28. The van der Waals surface area contributed by atoms with Gasteiger partial charge in [-0.3, -0.25) is 14.9 Å². The maximum atomic E-state index is 12.7. The fraction of sp³-hybridized carbons (Fsp3) is 0.250. The molecule has 0 bridgehead atoms. The Morgan fingerprint density at radius 2 is 1.80 bits per heavy atom. The Labute approximate surface area is 202 Å². The molecule has 4 rings (SSSR count). The van der Waals surface area contributed by atoms with Crippen molar-refractivity contribution in [3.05, 3.63) is 88.1 Å². The molecule has 3 aromatic rings. The topological polar surface area (TPSA) is 132 Å². The number of piperidine rings is 1. The van der Waals surface area contributed by atoms with E-state index < -0.39 is 15.0 Å². The van der Waals surface area contributed by atoms with Gasteiger partial charge in [0.2, 0.25) is 0 Å². The fourth-order valence-electron chi connectivity index (χ4n) is 3.83. The van der Waals surface area contributed by atoms with E-state index in [1.165, 1.54) is 48.9 Å². The van der Waals surface area contributed by atoms with Gasteiger partial charge in [0.15, 0.2) is 0 Å². The Morgan fingerprint density at radius 3 is 2.51 bits per heavy atom. The summed E-state index contributed by atoms with van der Waals surface area (Å²) < 4.78 is 30.0. The number of nitro groups is 1. The molecule has 1 saturated heterocycles. The lowest BCUT2D eigenvalue weighted by Gasteiger charge is -2.29. The second kappa shape index (κ2) is 10.5. The second-order valence-electron chi connectivity index (χ2n) is 8.03. The van der Waals surface area contributed by atoms with Gasteiger partial charge in [-0.25, -0.2) is 4.98 Å². The molecule has 2 aromatic carbocycles. The quantitative estimate of drug-likeness (QED) is 0.284. The molecule has 1 aliphatic rings. The molecule has 1 N–H and O–H groups in total. The second-order valence-corrected chi connectivity index (χ2v) is 9.58. The van der Waals surface area contributed by atoms with Gasteiger partial charge in [-0.15, -0.1) is 0 Å². The molecule has 2 heterocycles. The number of aromatic nitrogens is 1. The number of nitro benzene ring substituents is 1. The van der Waals surface area contributed by atoms with Crippen molar-refractivity contribution in [3.8, 4) is 5.75 Å². The highest BCUT2D eigenvalue weighted by Crippen LogP contribution is 2.23. The molecule has 1 fully saturated rings. The molecule has 1 aliphatic heterocycles. The van der Waals surface area contributed by atoms with Crippen LogP contribution in [-0.2, 0) is 16.7 Å². The summed E-state index contributed by atoms with van der Waals surface area (Å²) in [5, 5.41) is 13.8. The monoisotopic (exact) mass is 496 g/mol. The van der Waals surface area contributed by atoms with Gasteiger partial charge in [0.1, 0.15) is 16.5 Å². The van der Waals surface area contributed by atoms with Crippen molar-refractivity contribution in [3.63, 3.8) is 0 Å². The Bertz CT molecular complexity index is 1320. The Morgan fingerprint density at radius 1 is 1.06 bits per heavy atom. The molecular formula is C24H24N4O6S. The predicted octanol–water partition coefficient (Wildman–Crippen LogP) is 3.68. The highest BCUT2D eigenvalue weighted by Gasteiger charge is 2.20. The molecule has 35 heavy (non-hydrogen) atoms. The number of nitrogens with zero attached hydrogens (tertiary/aromatic N) is 3. The third-order valence-electron chi connectivity index (χ3n) is 5.60. The summed E-state index contributed by atoms with van der Waals surface area (Å²) >= 11 is 0. The first-order valence-corrected chi connectivity index (χ1v) is 12.5. The lowest BCUT2D eigenvalue weighted by molar-refractivity contribution is -0.385. The highest BCUT2D eigenvalue weighted by atomic mass is 32.2. The largest absolute Gasteiger partial charge is 0.379 e. The summed E-state index contributed by atoms with van der Waals surface area (Å²) in [4.78, 5) is 29.3. The molecule has 0 aliphatic carbocycles. The Hall–Kier alpha value is -3.99. The van der Waals surface area contributed by atoms with E-state index in [4.69, 9.17) is 4.18 Å². The zero-order chi connectivity index (χ0) is 24.8. The molecule has 0 unspecified atom stereocenters. The Kier molecular flexibility index (Phi) is 7.25. The Balaban J connectivity index is 1.40. The average molecular weight is 497 g/mol. The number of rotatable bonds is 8.